The summed E-state index contributed by atoms with van der Waals surface area (Å²) in [6, 6.07) is 2.02. The zero-order valence-electron chi connectivity index (χ0n) is 7.79. The number of nitriles is 1. The molecule has 4 nitrogen and oxygen atoms in total. The summed E-state index contributed by atoms with van der Waals surface area (Å²) in [6.07, 6.45) is 0.381. The number of hydrogen-bond acceptors (Lipinski definition) is 2. The first-order valence-electron chi connectivity index (χ1n) is 3.98. The van der Waals surface area contributed by atoms with Gasteiger partial charge < -0.3 is 10.2 Å². The molecule has 68 valence electrons. The number of carbonyl (C=O) groups is 1. The van der Waals surface area contributed by atoms with Crippen LogP contribution in [0.25, 0.3) is 0 Å². The van der Waals surface area contributed by atoms with Gasteiger partial charge >= 0.3 is 6.03 Å². The van der Waals surface area contributed by atoms with Crippen LogP contribution in [0.5, 0.6) is 0 Å². The number of rotatable bonds is 3. The van der Waals surface area contributed by atoms with Crippen molar-refractivity contribution in [3.63, 3.8) is 0 Å². The minimum atomic E-state index is -0.125. The quantitative estimate of drug-likeness (QED) is 0.683. The standard InChI is InChI=1S/C8H15N3O/c1-7(2)11(6-4-5-9)8(12)10-3/h7H,4,6H2,1-3H3,(H,10,12). The van der Waals surface area contributed by atoms with Crippen LogP contribution in [0.1, 0.15) is 20.3 Å². The number of nitrogens with one attached hydrogen (secondary N) is 1. The Morgan fingerprint density at radius 3 is 2.58 bits per heavy atom. The lowest BCUT2D eigenvalue weighted by Crippen LogP contribution is -2.42. The summed E-state index contributed by atoms with van der Waals surface area (Å²) in [4.78, 5) is 12.8. The van der Waals surface area contributed by atoms with Crippen molar-refractivity contribution in [1.29, 1.82) is 5.26 Å². The molecule has 0 heterocycles. The normalized spacial score (nSPS) is 9.25. The lowest BCUT2D eigenvalue weighted by Gasteiger charge is -2.24. The lowest BCUT2D eigenvalue weighted by molar-refractivity contribution is 0.187. The van der Waals surface area contributed by atoms with Crippen molar-refractivity contribution >= 4 is 6.03 Å². The number of amides is 2. The van der Waals surface area contributed by atoms with Gasteiger partial charge in [-0.25, -0.2) is 4.79 Å². The minimum Gasteiger partial charge on any atom is -0.341 e. The maximum Gasteiger partial charge on any atom is 0.317 e. The Morgan fingerprint density at radius 1 is 1.67 bits per heavy atom. The monoisotopic (exact) mass is 169 g/mol. The second kappa shape index (κ2) is 5.42. The summed E-state index contributed by atoms with van der Waals surface area (Å²) in [6.45, 7) is 4.34. The van der Waals surface area contributed by atoms with Gasteiger partial charge in [-0.05, 0) is 13.8 Å². The molecular weight excluding hydrogens is 154 g/mol. The van der Waals surface area contributed by atoms with Crippen LogP contribution in [0.2, 0.25) is 0 Å². The Balaban J connectivity index is 4.06. The van der Waals surface area contributed by atoms with E-state index in [1.807, 2.05) is 19.9 Å². The van der Waals surface area contributed by atoms with Crippen molar-refractivity contribution in [2.75, 3.05) is 13.6 Å². The number of urea groups is 1. The average molecular weight is 169 g/mol. The smallest absolute Gasteiger partial charge is 0.317 e. The van der Waals surface area contributed by atoms with Crippen LogP contribution in [0.4, 0.5) is 4.79 Å². The van der Waals surface area contributed by atoms with Crippen LogP contribution in [0, 0.1) is 11.3 Å². The van der Waals surface area contributed by atoms with E-state index in [9.17, 15) is 4.79 Å². The van der Waals surface area contributed by atoms with E-state index in [-0.39, 0.29) is 12.1 Å². The highest BCUT2D eigenvalue weighted by Gasteiger charge is 2.13. The molecule has 0 bridgehead atoms. The highest BCUT2D eigenvalue weighted by molar-refractivity contribution is 5.74. The summed E-state index contributed by atoms with van der Waals surface area (Å²) in [5.74, 6) is 0. The third kappa shape index (κ3) is 3.24. The zero-order valence-corrected chi connectivity index (χ0v) is 7.79. The van der Waals surface area contributed by atoms with Crippen molar-refractivity contribution in [3.05, 3.63) is 0 Å². The predicted octanol–water partition coefficient (Wildman–Crippen LogP) is 0.950. The SMILES string of the molecule is CNC(=O)N(CCC#N)C(C)C. The molecule has 0 aromatic heterocycles. The van der Waals surface area contributed by atoms with Crippen LogP contribution in [0.15, 0.2) is 0 Å². The van der Waals surface area contributed by atoms with Crippen LogP contribution in [-0.2, 0) is 0 Å². The second-order valence-corrected chi connectivity index (χ2v) is 2.75. The molecule has 0 spiro atoms. The van der Waals surface area contributed by atoms with Crippen molar-refractivity contribution in [3.8, 4) is 6.07 Å². The van der Waals surface area contributed by atoms with Gasteiger partial charge in [0.15, 0.2) is 0 Å². The Morgan fingerprint density at radius 2 is 2.25 bits per heavy atom. The lowest BCUT2D eigenvalue weighted by atomic mass is 10.3. The van der Waals surface area contributed by atoms with Crippen LogP contribution < -0.4 is 5.32 Å². The van der Waals surface area contributed by atoms with Crippen molar-refractivity contribution in [2.24, 2.45) is 0 Å². The summed E-state index contributed by atoms with van der Waals surface area (Å²) < 4.78 is 0. The van der Waals surface area contributed by atoms with Crippen molar-refractivity contribution in [2.45, 2.75) is 26.3 Å². The molecule has 0 aliphatic carbocycles. The summed E-state index contributed by atoms with van der Waals surface area (Å²) in [5, 5.41) is 10.9. The predicted molar refractivity (Wildman–Crippen MR) is 46.5 cm³/mol. The van der Waals surface area contributed by atoms with Gasteiger partial charge in [0.1, 0.15) is 0 Å². The van der Waals surface area contributed by atoms with E-state index >= 15 is 0 Å². The summed E-state index contributed by atoms with van der Waals surface area (Å²) in [7, 11) is 1.59. The molecule has 0 aliphatic rings. The van der Waals surface area contributed by atoms with E-state index in [1.165, 1.54) is 0 Å². The third-order valence-electron chi connectivity index (χ3n) is 1.56. The molecule has 1 N–H and O–H groups in total. The van der Waals surface area contributed by atoms with E-state index in [2.05, 4.69) is 5.32 Å². The van der Waals surface area contributed by atoms with E-state index < -0.39 is 0 Å². The van der Waals surface area contributed by atoms with Gasteiger partial charge in [-0.2, -0.15) is 5.26 Å². The molecular formula is C8H15N3O. The molecule has 0 rings (SSSR count). The molecule has 0 atom stereocenters. The van der Waals surface area contributed by atoms with Gasteiger partial charge in [0, 0.05) is 19.6 Å². The molecule has 0 aromatic rings. The molecule has 0 saturated heterocycles. The van der Waals surface area contributed by atoms with Gasteiger partial charge in [0.05, 0.1) is 12.5 Å². The molecule has 0 aliphatic heterocycles. The van der Waals surface area contributed by atoms with E-state index in [0.717, 1.165) is 0 Å². The molecule has 4 heteroatoms. The van der Waals surface area contributed by atoms with E-state index in [0.29, 0.717) is 13.0 Å². The van der Waals surface area contributed by atoms with Gasteiger partial charge in [-0.1, -0.05) is 0 Å². The summed E-state index contributed by atoms with van der Waals surface area (Å²) in [5.41, 5.74) is 0. The van der Waals surface area contributed by atoms with Crippen LogP contribution in [-0.4, -0.2) is 30.6 Å². The zero-order chi connectivity index (χ0) is 9.56. The number of hydrogen-bond donors (Lipinski definition) is 1. The first-order chi connectivity index (χ1) is 5.63. The molecule has 0 saturated carbocycles. The van der Waals surface area contributed by atoms with Gasteiger partial charge in [0.2, 0.25) is 0 Å². The molecule has 0 fully saturated rings. The first kappa shape index (κ1) is 10.8. The minimum absolute atomic E-state index is 0.125. The number of carbonyl (C=O) groups excluding carboxylic acids is 1. The molecule has 12 heavy (non-hydrogen) atoms. The van der Waals surface area contributed by atoms with Gasteiger partial charge in [-0.15, -0.1) is 0 Å². The highest BCUT2D eigenvalue weighted by Crippen LogP contribution is 1.99. The van der Waals surface area contributed by atoms with Gasteiger partial charge in [-0.3, -0.25) is 0 Å². The molecule has 0 aromatic carbocycles. The second-order valence-electron chi connectivity index (χ2n) is 2.75. The van der Waals surface area contributed by atoms with Crippen LogP contribution >= 0.6 is 0 Å². The fourth-order valence-electron chi connectivity index (χ4n) is 0.908. The fourth-order valence-corrected chi connectivity index (χ4v) is 0.908. The first-order valence-corrected chi connectivity index (χ1v) is 3.98. The molecule has 2 amide bonds. The van der Waals surface area contributed by atoms with E-state index in [1.54, 1.807) is 11.9 Å². The third-order valence-corrected chi connectivity index (χ3v) is 1.56. The Labute approximate surface area is 73.2 Å². The highest BCUT2D eigenvalue weighted by atomic mass is 16.2. The fraction of sp³-hybridized carbons (Fsp3) is 0.750. The maximum atomic E-state index is 11.2. The van der Waals surface area contributed by atoms with E-state index in [4.69, 9.17) is 5.26 Å². The topological polar surface area (TPSA) is 56.1 Å². The van der Waals surface area contributed by atoms with Gasteiger partial charge in [0.25, 0.3) is 0 Å². The maximum absolute atomic E-state index is 11.2. The summed E-state index contributed by atoms with van der Waals surface area (Å²) >= 11 is 0. The van der Waals surface area contributed by atoms with Crippen molar-refractivity contribution < 1.29 is 4.79 Å². The Kier molecular flexibility index (Phi) is 4.86. The molecule has 0 unspecified atom stereocenters. The molecule has 0 radical (unpaired) electrons. The Bertz CT molecular complexity index is 183. The van der Waals surface area contributed by atoms with Crippen molar-refractivity contribution in [1.82, 2.24) is 10.2 Å². The largest absolute Gasteiger partial charge is 0.341 e. The Hall–Kier alpha value is -1.24. The number of nitrogens with zero attached hydrogens (tertiary/aromatic N) is 2. The average Bonchev–Trinajstić information content (AvgIpc) is 2.04. The van der Waals surface area contributed by atoms with Crippen LogP contribution in [0.3, 0.4) is 0 Å².